The molecular formula is C16H11F5O6S. The predicted molar refractivity (Wildman–Crippen MR) is 87.9 cm³/mol. The molecule has 0 bridgehead atoms. The molecule has 0 amide bonds. The Kier molecular flexibility index (Phi) is 5.12. The lowest BCUT2D eigenvalue weighted by Crippen LogP contribution is -2.20. The van der Waals surface area contributed by atoms with Gasteiger partial charge in [0.1, 0.15) is 6.29 Å². The van der Waals surface area contributed by atoms with Crippen molar-refractivity contribution in [3.63, 3.8) is 0 Å². The van der Waals surface area contributed by atoms with Crippen molar-refractivity contribution in [3.8, 4) is 11.5 Å². The van der Waals surface area contributed by atoms with Crippen LogP contribution in [0.2, 0.25) is 0 Å². The molecule has 0 saturated carbocycles. The lowest BCUT2D eigenvalue weighted by Gasteiger charge is -2.39. The molecule has 0 spiro atoms. The van der Waals surface area contributed by atoms with E-state index in [0.717, 1.165) is 18.2 Å². The summed E-state index contributed by atoms with van der Waals surface area (Å²) < 4.78 is 74.3. The molecular weight excluding hydrogens is 415 g/mol. The lowest BCUT2D eigenvalue weighted by molar-refractivity contribution is -0.137. The zero-order chi connectivity index (χ0) is 21.1. The number of rotatable bonds is 7. The van der Waals surface area contributed by atoms with Crippen LogP contribution in [0.15, 0.2) is 48.5 Å². The fraction of sp³-hybridized carbons (Fsp3) is 0.0625. The summed E-state index contributed by atoms with van der Waals surface area (Å²) in [6, 6.07) is 8.51. The van der Waals surface area contributed by atoms with Crippen LogP contribution in [-0.4, -0.2) is 24.8 Å². The molecule has 2 aromatic carbocycles. The highest BCUT2D eigenvalue weighted by molar-refractivity contribution is 8.42. The van der Waals surface area contributed by atoms with Crippen LogP contribution >= 0.6 is 10.5 Å². The van der Waals surface area contributed by atoms with Crippen molar-refractivity contribution < 1.29 is 47.5 Å². The molecule has 0 saturated heterocycles. The van der Waals surface area contributed by atoms with Crippen LogP contribution in [0, 0.1) is 0 Å². The Balaban J connectivity index is 2.02. The lowest BCUT2D eigenvalue weighted by atomic mass is 10.1. The van der Waals surface area contributed by atoms with Gasteiger partial charge in [-0.1, -0.05) is 43.7 Å². The van der Waals surface area contributed by atoms with Gasteiger partial charge in [0, 0.05) is 5.56 Å². The molecule has 0 fully saturated rings. The smallest absolute Gasteiger partial charge is 0.435 e. The van der Waals surface area contributed by atoms with Gasteiger partial charge >= 0.3 is 22.4 Å². The highest BCUT2D eigenvalue weighted by Crippen LogP contribution is 2.97. The quantitative estimate of drug-likeness (QED) is 0.273. The Labute approximate surface area is 154 Å². The molecule has 0 N–H and O–H groups in total. The molecule has 0 aromatic heterocycles. The van der Waals surface area contributed by atoms with Crippen LogP contribution in [0.1, 0.15) is 20.7 Å². The first kappa shape index (κ1) is 21.2. The van der Waals surface area contributed by atoms with E-state index >= 15 is 0 Å². The number of carbonyl (C=O) groups is 3. The van der Waals surface area contributed by atoms with E-state index in [1.807, 2.05) is 0 Å². The van der Waals surface area contributed by atoms with Crippen LogP contribution in [0.5, 0.6) is 11.5 Å². The molecule has 0 aliphatic carbocycles. The fourth-order valence-corrected chi connectivity index (χ4v) is 2.31. The molecule has 0 heterocycles. The minimum atomic E-state index is -10.3. The third-order valence-electron chi connectivity index (χ3n) is 2.92. The normalized spacial score (nSPS) is 13.6. The average molecular weight is 426 g/mol. The van der Waals surface area contributed by atoms with E-state index in [9.17, 15) is 33.8 Å². The van der Waals surface area contributed by atoms with E-state index in [2.05, 4.69) is 13.7 Å². The van der Waals surface area contributed by atoms with Crippen molar-refractivity contribution >= 4 is 28.7 Å². The third kappa shape index (κ3) is 6.87. The molecule has 2 aromatic rings. The summed E-state index contributed by atoms with van der Waals surface area (Å²) in [7, 11) is -10.3. The van der Waals surface area contributed by atoms with Gasteiger partial charge in [0.25, 0.3) is 0 Å². The SMILES string of the molecule is O=Cc1ccc(C(=O)OCC(=O)Oc2ccccc2OS(F)(F)(F)(F)F)cc1. The zero-order valence-corrected chi connectivity index (χ0v) is 14.5. The fourth-order valence-electron chi connectivity index (χ4n) is 1.83. The van der Waals surface area contributed by atoms with Crippen molar-refractivity contribution in [1.82, 2.24) is 0 Å². The van der Waals surface area contributed by atoms with E-state index in [0.29, 0.717) is 12.4 Å². The number of ether oxygens (including phenoxy) is 2. The molecule has 12 heteroatoms. The first-order valence-corrected chi connectivity index (χ1v) is 9.10. The Bertz CT molecular complexity index is 912. The maximum atomic E-state index is 12.5. The van der Waals surface area contributed by atoms with Crippen molar-refractivity contribution in [2.24, 2.45) is 0 Å². The Morgan fingerprint density at radius 2 is 1.46 bits per heavy atom. The molecule has 0 radical (unpaired) electrons. The van der Waals surface area contributed by atoms with E-state index in [-0.39, 0.29) is 11.1 Å². The molecule has 0 unspecified atom stereocenters. The van der Waals surface area contributed by atoms with Crippen molar-refractivity contribution in [3.05, 3.63) is 59.7 Å². The van der Waals surface area contributed by atoms with Gasteiger partial charge in [0.2, 0.25) is 0 Å². The second-order valence-corrected chi connectivity index (χ2v) is 7.18. The number of para-hydroxylation sites is 2. The monoisotopic (exact) mass is 426 g/mol. The standard InChI is InChI=1S/C16H11F5O6S/c17-28(18,19,20,21)27-14-4-2-1-3-13(14)26-15(23)10-25-16(24)12-7-5-11(9-22)6-8-12/h1-9H,10H2. The van der Waals surface area contributed by atoms with E-state index < -0.39 is 40.5 Å². The zero-order valence-electron chi connectivity index (χ0n) is 13.7. The topological polar surface area (TPSA) is 78.9 Å². The number of halogens is 5. The first-order valence-electron chi connectivity index (χ1n) is 7.23. The number of carbonyl (C=O) groups excluding carboxylic acids is 3. The van der Waals surface area contributed by atoms with Gasteiger partial charge in [-0.2, -0.15) is 0 Å². The molecule has 28 heavy (non-hydrogen) atoms. The Morgan fingerprint density at radius 1 is 0.893 bits per heavy atom. The van der Waals surface area contributed by atoms with Crippen LogP contribution in [0.25, 0.3) is 0 Å². The highest BCUT2D eigenvalue weighted by atomic mass is 32.5. The van der Waals surface area contributed by atoms with Crippen molar-refractivity contribution in [1.29, 1.82) is 0 Å². The largest absolute Gasteiger partial charge is 0.450 e. The molecule has 0 aliphatic heterocycles. The average Bonchev–Trinajstić information content (AvgIpc) is 2.59. The van der Waals surface area contributed by atoms with Gasteiger partial charge in [-0.3, -0.25) is 4.79 Å². The van der Waals surface area contributed by atoms with Gasteiger partial charge in [-0.05, 0) is 24.3 Å². The van der Waals surface area contributed by atoms with Crippen LogP contribution < -0.4 is 8.92 Å². The van der Waals surface area contributed by atoms with Crippen molar-refractivity contribution in [2.45, 2.75) is 0 Å². The maximum Gasteiger partial charge on any atom is 0.435 e. The van der Waals surface area contributed by atoms with Crippen molar-refractivity contribution in [2.75, 3.05) is 6.61 Å². The van der Waals surface area contributed by atoms with Gasteiger partial charge in [-0.15, -0.1) is 0 Å². The molecule has 2 rings (SSSR count). The van der Waals surface area contributed by atoms with E-state index in [1.165, 1.54) is 24.3 Å². The van der Waals surface area contributed by atoms with Gasteiger partial charge in [-0.25, -0.2) is 9.59 Å². The van der Waals surface area contributed by atoms with E-state index in [1.54, 1.807) is 0 Å². The third-order valence-corrected chi connectivity index (χ3v) is 3.42. The number of esters is 2. The first-order chi connectivity index (χ1) is 12.8. The van der Waals surface area contributed by atoms with Crippen LogP contribution in [0.4, 0.5) is 19.4 Å². The Morgan fingerprint density at radius 3 is 2.00 bits per heavy atom. The summed E-state index contributed by atoms with van der Waals surface area (Å²) in [6.45, 7) is -1.01. The number of benzene rings is 2. The second kappa shape index (κ2) is 6.78. The highest BCUT2D eigenvalue weighted by Gasteiger charge is 2.67. The summed E-state index contributed by atoms with van der Waals surface area (Å²) in [4.78, 5) is 33.9. The van der Waals surface area contributed by atoms with E-state index in [4.69, 9.17) is 0 Å². The summed E-state index contributed by atoms with van der Waals surface area (Å²) >= 11 is 0. The van der Waals surface area contributed by atoms with Crippen LogP contribution in [-0.2, 0) is 9.53 Å². The minimum absolute atomic E-state index is 0.0111. The molecule has 0 aliphatic rings. The molecule has 152 valence electrons. The summed E-state index contributed by atoms with van der Waals surface area (Å²) in [6.07, 6.45) is 0.540. The molecule has 0 atom stereocenters. The predicted octanol–water partition coefficient (Wildman–Crippen LogP) is 4.85. The van der Waals surface area contributed by atoms with Gasteiger partial charge < -0.3 is 13.7 Å². The number of aldehydes is 1. The summed E-state index contributed by atoms with van der Waals surface area (Å²) in [5.74, 6) is -4.68. The Hall–Kier alpha value is -3.15. The van der Waals surface area contributed by atoms with Crippen LogP contribution in [0.3, 0.4) is 0 Å². The number of hydrogen-bond acceptors (Lipinski definition) is 6. The number of hydrogen-bond donors (Lipinski definition) is 0. The second-order valence-electron chi connectivity index (χ2n) is 5.22. The minimum Gasteiger partial charge on any atom is -0.450 e. The van der Waals surface area contributed by atoms with Gasteiger partial charge in [0.05, 0.1) is 5.56 Å². The van der Waals surface area contributed by atoms with Gasteiger partial charge in [0.15, 0.2) is 18.1 Å². The maximum absolute atomic E-state index is 12.5. The molecule has 6 nitrogen and oxygen atoms in total. The summed E-state index contributed by atoms with van der Waals surface area (Å²) in [5, 5.41) is 0. The summed E-state index contributed by atoms with van der Waals surface area (Å²) in [5.41, 5.74) is 0.277.